The second kappa shape index (κ2) is 4.73. The van der Waals surface area contributed by atoms with Crippen molar-refractivity contribution in [1.29, 1.82) is 5.26 Å². The molecule has 2 saturated carbocycles. The molecule has 1 atom stereocenters. The molecule has 19 heavy (non-hydrogen) atoms. The average molecular weight is 258 g/mol. The maximum absolute atomic E-state index is 12.1. The van der Waals surface area contributed by atoms with Gasteiger partial charge in [0.2, 0.25) is 0 Å². The highest BCUT2D eigenvalue weighted by atomic mass is 16.5. The van der Waals surface area contributed by atoms with E-state index in [1.807, 2.05) is 6.07 Å². The third-order valence-corrected chi connectivity index (χ3v) is 4.70. The molecule has 1 aromatic rings. The molecular weight excluding hydrogens is 240 g/mol. The number of hydrogen-bond donors (Lipinski definition) is 1. The van der Waals surface area contributed by atoms with Crippen molar-refractivity contribution < 1.29 is 9.53 Å². The SMILES string of the molecule is N#Cc1ccc(C(=O)OC2CCCC23CCCC3)[nH]1. The summed E-state index contributed by atoms with van der Waals surface area (Å²) in [6.07, 6.45) is 8.31. The maximum atomic E-state index is 12.1. The fraction of sp³-hybridized carbons (Fsp3) is 0.600. The van der Waals surface area contributed by atoms with Crippen molar-refractivity contribution >= 4 is 5.97 Å². The molecule has 100 valence electrons. The van der Waals surface area contributed by atoms with E-state index < -0.39 is 0 Å². The lowest BCUT2D eigenvalue weighted by atomic mass is 9.82. The molecule has 1 aromatic heterocycles. The largest absolute Gasteiger partial charge is 0.457 e. The summed E-state index contributed by atoms with van der Waals surface area (Å²) in [7, 11) is 0. The number of ether oxygens (including phenoxy) is 1. The molecule has 0 bridgehead atoms. The van der Waals surface area contributed by atoms with Crippen molar-refractivity contribution in [2.45, 2.75) is 51.0 Å². The molecular formula is C15H18N2O2. The topological polar surface area (TPSA) is 65.9 Å². The Labute approximate surface area is 112 Å². The van der Waals surface area contributed by atoms with Gasteiger partial charge in [0.1, 0.15) is 23.6 Å². The van der Waals surface area contributed by atoms with Gasteiger partial charge in [0.25, 0.3) is 0 Å². The molecule has 3 rings (SSSR count). The normalized spacial score (nSPS) is 24.5. The average Bonchev–Trinajstić information content (AvgIpc) is 3.14. The minimum absolute atomic E-state index is 0.0661. The zero-order valence-electron chi connectivity index (χ0n) is 10.9. The van der Waals surface area contributed by atoms with E-state index in [-0.39, 0.29) is 17.5 Å². The van der Waals surface area contributed by atoms with Gasteiger partial charge in [-0.15, -0.1) is 0 Å². The van der Waals surface area contributed by atoms with E-state index in [4.69, 9.17) is 10.00 Å². The standard InChI is InChI=1S/C15H18N2O2/c16-10-11-5-6-12(17-11)14(18)19-13-4-3-9-15(13)7-1-2-8-15/h5-6,13,17H,1-4,7-9H2. The van der Waals surface area contributed by atoms with Gasteiger partial charge in [-0.3, -0.25) is 0 Å². The zero-order chi connectivity index (χ0) is 13.3. The molecule has 1 heterocycles. The smallest absolute Gasteiger partial charge is 0.355 e. The lowest BCUT2D eigenvalue weighted by Gasteiger charge is -2.30. The summed E-state index contributed by atoms with van der Waals surface area (Å²) >= 11 is 0. The Morgan fingerprint density at radius 3 is 2.74 bits per heavy atom. The van der Waals surface area contributed by atoms with Gasteiger partial charge in [0, 0.05) is 5.41 Å². The monoisotopic (exact) mass is 258 g/mol. The van der Waals surface area contributed by atoms with Crippen LogP contribution in [0.3, 0.4) is 0 Å². The first-order chi connectivity index (χ1) is 9.23. The van der Waals surface area contributed by atoms with Gasteiger partial charge in [-0.2, -0.15) is 5.26 Å². The molecule has 1 spiro atoms. The predicted octanol–water partition coefficient (Wildman–Crippen LogP) is 3.16. The Hall–Kier alpha value is -1.76. The third-order valence-electron chi connectivity index (χ3n) is 4.70. The van der Waals surface area contributed by atoms with E-state index in [9.17, 15) is 4.79 Å². The van der Waals surface area contributed by atoms with Gasteiger partial charge in [0.15, 0.2) is 0 Å². The van der Waals surface area contributed by atoms with Crippen molar-refractivity contribution in [3.8, 4) is 6.07 Å². The van der Waals surface area contributed by atoms with Crippen LogP contribution in [0.5, 0.6) is 0 Å². The van der Waals surface area contributed by atoms with Crippen LogP contribution in [0, 0.1) is 16.7 Å². The molecule has 2 aliphatic carbocycles. The number of esters is 1. The highest BCUT2D eigenvalue weighted by Crippen LogP contribution is 2.51. The Bertz CT molecular complexity index is 515. The zero-order valence-corrected chi connectivity index (χ0v) is 10.9. The first-order valence-electron chi connectivity index (χ1n) is 7.04. The number of carbonyl (C=O) groups excluding carboxylic acids is 1. The summed E-state index contributed by atoms with van der Waals surface area (Å²) in [5.74, 6) is -0.320. The predicted molar refractivity (Wildman–Crippen MR) is 69.5 cm³/mol. The van der Waals surface area contributed by atoms with Gasteiger partial charge in [-0.25, -0.2) is 4.79 Å². The number of nitriles is 1. The number of aromatic amines is 1. The van der Waals surface area contributed by atoms with Gasteiger partial charge >= 0.3 is 5.97 Å². The first-order valence-corrected chi connectivity index (χ1v) is 7.04. The molecule has 0 saturated heterocycles. The van der Waals surface area contributed by atoms with Crippen molar-refractivity contribution in [2.75, 3.05) is 0 Å². The van der Waals surface area contributed by atoms with Crippen molar-refractivity contribution in [1.82, 2.24) is 4.98 Å². The Kier molecular flexibility index (Phi) is 3.06. The third kappa shape index (κ3) is 2.14. The van der Waals surface area contributed by atoms with Gasteiger partial charge in [0.05, 0.1) is 0 Å². The number of carbonyl (C=O) groups is 1. The maximum Gasteiger partial charge on any atom is 0.355 e. The summed E-state index contributed by atoms with van der Waals surface area (Å²) in [6, 6.07) is 5.21. The summed E-state index contributed by atoms with van der Waals surface area (Å²) < 4.78 is 5.71. The van der Waals surface area contributed by atoms with Crippen LogP contribution in [0.15, 0.2) is 12.1 Å². The number of H-pyrrole nitrogens is 1. The molecule has 2 fully saturated rings. The number of nitrogens with one attached hydrogen (secondary N) is 1. The van der Waals surface area contributed by atoms with Crippen LogP contribution < -0.4 is 0 Å². The molecule has 0 amide bonds. The van der Waals surface area contributed by atoms with E-state index in [1.165, 1.54) is 32.1 Å². The van der Waals surface area contributed by atoms with Crippen LogP contribution in [-0.2, 0) is 4.74 Å². The highest BCUT2D eigenvalue weighted by Gasteiger charge is 2.46. The number of aromatic nitrogens is 1. The van der Waals surface area contributed by atoms with Crippen LogP contribution >= 0.6 is 0 Å². The van der Waals surface area contributed by atoms with Crippen LogP contribution in [-0.4, -0.2) is 17.1 Å². The lowest BCUT2D eigenvalue weighted by Crippen LogP contribution is -2.31. The van der Waals surface area contributed by atoms with E-state index in [2.05, 4.69) is 4.98 Å². The fourth-order valence-corrected chi connectivity index (χ4v) is 3.71. The molecule has 0 aliphatic heterocycles. The van der Waals surface area contributed by atoms with E-state index in [1.54, 1.807) is 12.1 Å². The molecule has 0 radical (unpaired) electrons. The second-order valence-electron chi connectivity index (χ2n) is 5.75. The van der Waals surface area contributed by atoms with Gasteiger partial charge in [-0.1, -0.05) is 12.8 Å². The summed E-state index contributed by atoms with van der Waals surface area (Å²) in [5, 5.41) is 8.75. The number of hydrogen-bond acceptors (Lipinski definition) is 3. The molecule has 1 unspecified atom stereocenters. The fourth-order valence-electron chi connectivity index (χ4n) is 3.71. The number of rotatable bonds is 2. The summed E-state index contributed by atoms with van der Waals surface area (Å²) in [4.78, 5) is 14.9. The second-order valence-corrected chi connectivity index (χ2v) is 5.75. The Balaban J connectivity index is 1.71. The van der Waals surface area contributed by atoms with Crippen molar-refractivity contribution in [3.05, 3.63) is 23.5 Å². The van der Waals surface area contributed by atoms with Crippen LogP contribution in [0.25, 0.3) is 0 Å². The Morgan fingerprint density at radius 1 is 1.32 bits per heavy atom. The minimum Gasteiger partial charge on any atom is -0.457 e. The Morgan fingerprint density at radius 2 is 2.05 bits per heavy atom. The molecule has 4 nitrogen and oxygen atoms in total. The van der Waals surface area contributed by atoms with Crippen molar-refractivity contribution in [2.24, 2.45) is 5.41 Å². The van der Waals surface area contributed by atoms with Gasteiger partial charge in [-0.05, 0) is 44.2 Å². The molecule has 4 heteroatoms. The summed E-state index contributed by atoms with van der Waals surface area (Å²) in [6.45, 7) is 0. The van der Waals surface area contributed by atoms with Gasteiger partial charge < -0.3 is 9.72 Å². The van der Waals surface area contributed by atoms with Crippen LogP contribution in [0.2, 0.25) is 0 Å². The minimum atomic E-state index is -0.320. The van der Waals surface area contributed by atoms with Crippen LogP contribution in [0.1, 0.15) is 61.1 Å². The first kappa shape index (κ1) is 12.3. The van der Waals surface area contributed by atoms with E-state index >= 15 is 0 Å². The molecule has 2 aliphatic rings. The van der Waals surface area contributed by atoms with Crippen molar-refractivity contribution in [3.63, 3.8) is 0 Å². The molecule has 1 N–H and O–H groups in total. The van der Waals surface area contributed by atoms with E-state index in [0.717, 1.165) is 12.8 Å². The summed E-state index contributed by atoms with van der Waals surface area (Å²) in [5.41, 5.74) is 1.03. The molecule has 0 aromatic carbocycles. The lowest BCUT2D eigenvalue weighted by molar-refractivity contribution is -0.00424. The van der Waals surface area contributed by atoms with E-state index in [0.29, 0.717) is 11.4 Å². The number of nitrogens with zero attached hydrogens (tertiary/aromatic N) is 1. The van der Waals surface area contributed by atoms with Crippen LogP contribution in [0.4, 0.5) is 0 Å². The highest BCUT2D eigenvalue weighted by molar-refractivity contribution is 5.87. The quantitative estimate of drug-likeness (QED) is 0.829.